The van der Waals surface area contributed by atoms with E-state index in [2.05, 4.69) is 4.74 Å². The SMILES string of the molecule is COC(=O)C(C)Oc1cc([N+](=O)[O-])ccc1C. The Balaban J connectivity index is 2.93. The van der Waals surface area contributed by atoms with Gasteiger partial charge in [-0.15, -0.1) is 0 Å². The summed E-state index contributed by atoms with van der Waals surface area (Å²) in [5.41, 5.74) is 0.633. The molecule has 1 atom stereocenters. The Morgan fingerprint density at radius 1 is 1.47 bits per heavy atom. The standard InChI is InChI=1S/C11H13NO5/c1-7-4-5-9(12(14)15)6-10(7)17-8(2)11(13)16-3/h4-6,8H,1-3H3. The number of aryl methyl sites for hydroxylation is 1. The molecule has 0 aromatic heterocycles. The maximum absolute atomic E-state index is 11.2. The Morgan fingerprint density at radius 3 is 2.65 bits per heavy atom. The van der Waals surface area contributed by atoms with Gasteiger partial charge in [0.25, 0.3) is 5.69 Å². The molecular weight excluding hydrogens is 226 g/mol. The summed E-state index contributed by atoms with van der Waals surface area (Å²) in [6.07, 6.45) is -0.805. The molecule has 1 unspecified atom stereocenters. The smallest absolute Gasteiger partial charge is 0.346 e. The van der Waals surface area contributed by atoms with Crippen molar-refractivity contribution in [2.75, 3.05) is 7.11 Å². The molecule has 0 aliphatic heterocycles. The molecule has 17 heavy (non-hydrogen) atoms. The molecule has 6 nitrogen and oxygen atoms in total. The summed E-state index contributed by atoms with van der Waals surface area (Å²) < 4.78 is 9.81. The molecule has 1 aromatic rings. The van der Waals surface area contributed by atoms with Gasteiger partial charge < -0.3 is 9.47 Å². The number of hydrogen-bond acceptors (Lipinski definition) is 5. The van der Waals surface area contributed by atoms with Crippen LogP contribution in [0.1, 0.15) is 12.5 Å². The molecule has 0 fully saturated rings. The third kappa shape index (κ3) is 3.17. The van der Waals surface area contributed by atoms with Crippen LogP contribution in [0.15, 0.2) is 18.2 Å². The number of nitrogens with zero attached hydrogens (tertiary/aromatic N) is 1. The Kier molecular flexibility index (Phi) is 4.03. The summed E-state index contributed by atoms with van der Waals surface area (Å²) in [4.78, 5) is 21.2. The average molecular weight is 239 g/mol. The second-order valence-corrected chi connectivity index (χ2v) is 3.49. The van der Waals surface area contributed by atoms with Crippen molar-refractivity contribution in [1.29, 1.82) is 0 Å². The zero-order valence-corrected chi connectivity index (χ0v) is 9.80. The van der Waals surface area contributed by atoms with E-state index in [4.69, 9.17) is 4.74 Å². The number of methoxy groups -OCH3 is 1. The van der Waals surface area contributed by atoms with Crippen molar-refractivity contribution < 1.29 is 19.2 Å². The van der Waals surface area contributed by atoms with E-state index in [1.165, 1.54) is 26.2 Å². The first-order valence-corrected chi connectivity index (χ1v) is 4.95. The van der Waals surface area contributed by atoms with Crippen molar-refractivity contribution in [3.8, 4) is 5.75 Å². The molecule has 0 saturated carbocycles. The van der Waals surface area contributed by atoms with Gasteiger partial charge in [0, 0.05) is 6.07 Å². The minimum absolute atomic E-state index is 0.0809. The summed E-state index contributed by atoms with van der Waals surface area (Å²) in [7, 11) is 1.25. The van der Waals surface area contributed by atoms with E-state index in [1.807, 2.05) is 0 Å². The maximum Gasteiger partial charge on any atom is 0.346 e. The lowest BCUT2D eigenvalue weighted by Crippen LogP contribution is -2.25. The third-order valence-corrected chi connectivity index (χ3v) is 2.22. The highest BCUT2D eigenvalue weighted by Gasteiger charge is 2.17. The number of rotatable bonds is 4. The predicted octanol–water partition coefficient (Wildman–Crippen LogP) is 1.84. The summed E-state index contributed by atoms with van der Waals surface area (Å²) in [6.45, 7) is 3.26. The van der Waals surface area contributed by atoms with Crippen molar-refractivity contribution in [3.63, 3.8) is 0 Å². The number of carbonyl (C=O) groups is 1. The van der Waals surface area contributed by atoms with Crippen molar-refractivity contribution in [2.45, 2.75) is 20.0 Å². The minimum atomic E-state index is -0.805. The molecule has 1 aromatic carbocycles. The number of nitro groups is 1. The van der Waals surface area contributed by atoms with E-state index >= 15 is 0 Å². The zero-order chi connectivity index (χ0) is 13.0. The number of hydrogen-bond donors (Lipinski definition) is 0. The number of non-ortho nitro benzene ring substituents is 1. The Labute approximate surface area is 98.3 Å². The predicted molar refractivity (Wildman–Crippen MR) is 59.9 cm³/mol. The monoisotopic (exact) mass is 239 g/mol. The molecule has 0 aliphatic rings. The lowest BCUT2D eigenvalue weighted by Gasteiger charge is -2.13. The van der Waals surface area contributed by atoms with Crippen LogP contribution < -0.4 is 4.74 Å². The van der Waals surface area contributed by atoms with Gasteiger partial charge in [0.2, 0.25) is 0 Å². The first kappa shape index (κ1) is 13.0. The lowest BCUT2D eigenvalue weighted by molar-refractivity contribution is -0.385. The first-order valence-electron chi connectivity index (χ1n) is 4.95. The topological polar surface area (TPSA) is 78.7 Å². The number of carbonyl (C=O) groups excluding carboxylic acids is 1. The van der Waals surface area contributed by atoms with Crippen LogP contribution in [-0.2, 0) is 9.53 Å². The molecule has 0 aliphatic carbocycles. The fourth-order valence-corrected chi connectivity index (χ4v) is 1.23. The van der Waals surface area contributed by atoms with Crippen molar-refractivity contribution in [3.05, 3.63) is 33.9 Å². The quantitative estimate of drug-likeness (QED) is 0.455. The van der Waals surface area contributed by atoms with Gasteiger partial charge in [0.15, 0.2) is 6.10 Å². The van der Waals surface area contributed by atoms with Gasteiger partial charge in [-0.2, -0.15) is 0 Å². The zero-order valence-electron chi connectivity index (χ0n) is 9.80. The van der Waals surface area contributed by atoms with Gasteiger partial charge in [-0.25, -0.2) is 4.79 Å². The molecule has 6 heteroatoms. The van der Waals surface area contributed by atoms with Crippen LogP contribution in [0.2, 0.25) is 0 Å². The molecular formula is C11H13NO5. The molecule has 0 N–H and O–H groups in total. The molecule has 92 valence electrons. The lowest BCUT2D eigenvalue weighted by atomic mass is 10.2. The van der Waals surface area contributed by atoms with Gasteiger partial charge >= 0.3 is 5.97 Å². The van der Waals surface area contributed by atoms with Gasteiger partial charge in [-0.05, 0) is 25.5 Å². The number of esters is 1. The Morgan fingerprint density at radius 2 is 2.12 bits per heavy atom. The Bertz CT molecular complexity index is 443. The van der Waals surface area contributed by atoms with Crippen LogP contribution in [0.25, 0.3) is 0 Å². The summed E-state index contributed by atoms with van der Waals surface area (Å²) >= 11 is 0. The molecule has 0 amide bonds. The van der Waals surface area contributed by atoms with Crippen LogP contribution in [0.4, 0.5) is 5.69 Å². The summed E-state index contributed by atoms with van der Waals surface area (Å²) in [6, 6.07) is 4.23. The minimum Gasteiger partial charge on any atom is -0.478 e. The molecule has 0 heterocycles. The molecule has 0 bridgehead atoms. The van der Waals surface area contributed by atoms with E-state index in [0.717, 1.165) is 0 Å². The van der Waals surface area contributed by atoms with Gasteiger partial charge in [-0.1, -0.05) is 0 Å². The van der Waals surface area contributed by atoms with Crippen LogP contribution in [0.5, 0.6) is 5.75 Å². The molecule has 1 rings (SSSR count). The number of nitro benzene ring substituents is 1. The van der Waals surface area contributed by atoms with E-state index < -0.39 is 17.0 Å². The van der Waals surface area contributed by atoms with Crippen LogP contribution in [0.3, 0.4) is 0 Å². The first-order chi connectivity index (χ1) is 7.95. The number of ether oxygens (including phenoxy) is 2. The average Bonchev–Trinajstić information content (AvgIpc) is 2.30. The van der Waals surface area contributed by atoms with Crippen molar-refractivity contribution >= 4 is 11.7 Å². The number of benzene rings is 1. The molecule has 0 saturated heterocycles. The van der Waals surface area contributed by atoms with E-state index in [-0.39, 0.29) is 5.69 Å². The summed E-state index contributed by atoms with van der Waals surface area (Å²) in [5, 5.41) is 10.6. The fraction of sp³-hybridized carbons (Fsp3) is 0.364. The highest BCUT2D eigenvalue weighted by atomic mass is 16.6. The van der Waals surface area contributed by atoms with Crippen LogP contribution in [0, 0.1) is 17.0 Å². The molecule has 0 spiro atoms. The van der Waals surface area contributed by atoms with Crippen LogP contribution in [-0.4, -0.2) is 24.1 Å². The van der Waals surface area contributed by atoms with Crippen molar-refractivity contribution in [1.82, 2.24) is 0 Å². The highest BCUT2D eigenvalue weighted by molar-refractivity contribution is 5.74. The van der Waals surface area contributed by atoms with Crippen LogP contribution >= 0.6 is 0 Å². The largest absolute Gasteiger partial charge is 0.478 e. The molecule has 0 radical (unpaired) electrons. The normalized spacial score (nSPS) is 11.7. The second-order valence-electron chi connectivity index (χ2n) is 3.49. The maximum atomic E-state index is 11.2. The van der Waals surface area contributed by atoms with E-state index in [1.54, 1.807) is 13.0 Å². The fourth-order valence-electron chi connectivity index (χ4n) is 1.23. The second kappa shape index (κ2) is 5.29. The van der Waals surface area contributed by atoms with E-state index in [0.29, 0.717) is 11.3 Å². The van der Waals surface area contributed by atoms with Gasteiger partial charge in [0.1, 0.15) is 5.75 Å². The van der Waals surface area contributed by atoms with E-state index in [9.17, 15) is 14.9 Å². The summed E-state index contributed by atoms with van der Waals surface area (Å²) in [5.74, 6) is -0.229. The third-order valence-electron chi connectivity index (χ3n) is 2.22. The Hall–Kier alpha value is -2.11. The van der Waals surface area contributed by atoms with Gasteiger partial charge in [0.05, 0.1) is 18.1 Å². The highest BCUT2D eigenvalue weighted by Crippen LogP contribution is 2.25. The van der Waals surface area contributed by atoms with Crippen molar-refractivity contribution in [2.24, 2.45) is 0 Å². The van der Waals surface area contributed by atoms with Gasteiger partial charge in [-0.3, -0.25) is 10.1 Å².